The van der Waals surface area contributed by atoms with E-state index in [9.17, 15) is 18.8 Å². The molecule has 2 N–H and O–H groups in total. The fourth-order valence-corrected chi connectivity index (χ4v) is 2.24. The minimum atomic E-state index is -0.886. The van der Waals surface area contributed by atoms with Crippen LogP contribution in [-0.2, 0) is 14.3 Å². The second kappa shape index (κ2) is 6.76. The topological polar surface area (TPSA) is 84.5 Å². The molecule has 0 aromatic heterocycles. The van der Waals surface area contributed by atoms with Gasteiger partial charge in [-0.1, -0.05) is 6.92 Å². The van der Waals surface area contributed by atoms with Gasteiger partial charge in [0.1, 0.15) is 11.9 Å². The van der Waals surface area contributed by atoms with Gasteiger partial charge >= 0.3 is 5.97 Å². The number of carbonyl (C=O) groups is 3. The number of rotatable bonds is 5. The van der Waals surface area contributed by atoms with E-state index in [2.05, 4.69) is 15.4 Å². The molecule has 1 aliphatic carbocycles. The molecule has 1 aromatic carbocycles. The summed E-state index contributed by atoms with van der Waals surface area (Å²) in [4.78, 5) is 35.6. The summed E-state index contributed by atoms with van der Waals surface area (Å²) in [5.74, 6) is -1.86. The number of benzene rings is 1. The van der Waals surface area contributed by atoms with Gasteiger partial charge in [-0.25, -0.2) is 9.18 Å². The third-order valence-electron chi connectivity index (χ3n) is 3.83. The predicted molar refractivity (Wildman–Crippen MR) is 81.2 cm³/mol. The summed E-state index contributed by atoms with van der Waals surface area (Å²) >= 11 is 0. The molecule has 2 rings (SSSR count). The first kappa shape index (κ1) is 16.9. The maximum atomic E-state index is 13.5. The lowest BCUT2D eigenvalue weighted by molar-refractivity contribution is -0.142. The Kier molecular flexibility index (Phi) is 4.98. The SMILES string of the molecule is COC(=O)[C@@H](C)NC(=O)c1cc(F)ccc1NC(=O)C1CC1C. The van der Waals surface area contributed by atoms with Crippen LogP contribution < -0.4 is 10.6 Å². The fraction of sp³-hybridized carbons (Fsp3) is 0.438. The molecule has 124 valence electrons. The van der Waals surface area contributed by atoms with Crippen molar-refractivity contribution in [1.82, 2.24) is 5.32 Å². The van der Waals surface area contributed by atoms with Crippen LogP contribution in [0, 0.1) is 17.7 Å². The molecule has 23 heavy (non-hydrogen) atoms. The lowest BCUT2D eigenvalue weighted by Crippen LogP contribution is -2.39. The Hall–Kier alpha value is -2.44. The Morgan fingerprint density at radius 3 is 2.57 bits per heavy atom. The van der Waals surface area contributed by atoms with Crippen LogP contribution in [0.3, 0.4) is 0 Å². The van der Waals surface area contributed by atoms with Crippen molar-refractivity contribution in [1.29, 1.82) is 0 Å². The molecule has 1 fully saturated rings. The second-order valence-electron chi connectivity index (χ2n) is 5.72. The standard InChI is InChI=1S/C16H19FN2O4/c1-8-6-11(8)14(20)19-13-5-4-10(17)7-12(13)15(21)18-9(2)16(22)23-3/h4-5,7-9,11H,6H2,1-3H3,(H,18,21)(H,19,20)/t8?,9-,11?/m1/s1. The molecule has 2 unspecified atom stereocenters. The first-order chi connectivity index (χ1) is 10.8. The minimum Gasteiger partial charge on any atom is -0.467 e. The molecule has 1 saturated carbocycles. The Balaban J connectivity index is 2.16. The van der Waals surface area contributed by atoms with E-state index in [1.807, 2.05) is 6.92 Å². The summed E-state index contributed by atoms with van der Waals surface area (Å²) in [5, 5.41) is 5.05. The molecule has 1 aliphatic rings. The van der Waals surface area contributed by atoms with Gasteiger partial charge < -0.3 is 15.4 Å². The highest BCUT2D eigenvalue weighted by molar-refractivity contribution is 6.05. The van der Waals surface area contributed by atoms with E-state index < -0.39 is 23.7 Å². The van der Waals surface area contributed by atoms with Crippen molar-refractivity contribution in [3.05, 3.63) is 29.6 Å². The van der Waals surface area contributed by atoms with Crippen LogP contribution >= 0.6 is 0 Å². The summed E-state index contributed by atoms with van der Waals surface area (Å²) in [5.41, 5.74) is 0.174. The summed E-state index contributed by atoms with van der Waals surface area (Å²) in [6.45, 7) is 3.41. The van der Waals surface area contributed by atoms with Crippen LogP contribution in [0.5, 0.6) is 0 Å². The average molecular weight is 322 g/mol. The normalized spacial score (nSPS) is 20.3. The number of esters is 1. The van der Waals surface area contributed by atoms with E-state index in [-0.39, 0.29) is 23.1 Å². The van der Waals surface area contributed by atoms with Gasteiger partial charge in [0.25, 0.3) is 5.91 Å². The number of methoxy groups -OCH3 is 1. The van der Waals surface area contributed by atoms with E-state index in [1.54, 1.807) is 0 Å². The number of carbonyl (C=O) groups excluding carboxylic acids is 3. The minimum absolute atomic E-state index is 0.0394. The maximum Gasteiger partial charge on any atom is 0.328 e. The number of ether oxygens (including phenoxy) is 1. The molecule has 1 aromatic rings. The second-order valence-corrected chi connectivity index (χ2v) is 5.72. The molecule has 0 radical (unpaired) electrons. The number of anilines is 1. The number of hydrogen-bond acceptors (Lipinski definition) is 4. The summed E-state index contributed by atoms with van der Waals surface area (Å²) in [6.07, 6.45) is 0.800. The van der Waals surface area contributed by atoms with Gasteiger partial charge in [-0.05, 0) is 37.5 Å². The molecule has 7 heteroatoms. The van der Waals surface area contributed by atoms with Gasteiger partial charge in [0, 0.05) is 5.92 Å². The first-order valence-electron chi connectivity index (χ1n) is 7.32. The van der Waals surface area contributed by atoms with E-state index in [4.69, 9.17) is 0 Å². The third kappa shape index (κ3) is 4.06. The van der Waals surface area contributed by atoms with Crippen molar-refractivity contribution in [3.63, 3.8) is 0 Å². The molecule has 0 bridgehead atoms. The van der Waals surface area contributed by atoms with Gasteiger partial charge in [-0.15, -0.1) is 0 Å². The Morgan fingerprint density at radius 1 is 1.35 bits per heavy atom. The lowest BCUT2D eigenvalue weighted by atomic mass is 10.1. The molecule has 3 atom stereocenters. The third-order valence-corrected chi connectivity index (χ3v) is 3.83. The van der Waals surface area contributed by atoms with Gasteiger partial charge in [-0.3, -0.25) is 9.59 Å². The molecule has 0 saturated heterocycles. The molecule has 0 aliphatic heterocycles. The smallest absolute Gasteiger partial charge is 0.328 e. The van der Waals surface area contributed by atoms with E-state index in [1.165, 1.54) is 20.1 Å². The number of halogens is 1. The predicted octanol–water partition coefficient (Wildman–Crippen LogP) is 1.71. The first-order valence-corrected chi connectivity index (χ1v) is 7.32. The quantitative estimate of drug-likeness (QED) is 0.808. The Bertz CT molecular complexity index is 647. The zero-order valence-electron chi connectivity index (χ0n) is 13.2. The number of nitrogens with one attached hydrogen (secondary N) is 2. The maximum absolute atomic E-state index is 13.5. The van der Waals surface area contributed by atoms with Crippen LogP contribution in [0.1, 0.15) is 30.6 Å². The van der Waals surface area contributed by atoms with Gasteiger partial charge in [-0.2, -0.15) is 0 Å². The fourth-order valence-electron chi connectivity index (χ4n) is 2.24. The van der Waals surface area contributed by atoms with Crippen LogP contribution in [0.4, 0.5) is 10.1 Å². The molecule has 6 nitrogen and oxygen atoms in total. The van der Waals surface area contributed by atoms with Crippen molar-refractivity contribution in [2.75, 3.05) is 12.4 Å². The van der Waals surface area contributed by atoms with Crippen molar-refractivity contribution in [3.8, 4) is 0 Å². The zero-order valence-corrected chi connectivity index (χ0v) is 13.2. The molecule has 0 spiro atoms. The number of amides is 2. The Morgan fingerprint density at radius 2 is 2.00 bits per heavy atom. The van der Waals surface area contributed by atoms with Crippen LogP contribution in [0.15, 0.2) is 18.2 Å². The lowest BCUT2D eigenvalue weighted by Gasteiger charge is -2.14. The van der Waals surface area contributed by atoms with Gasteiger partial charge in [0.15, 0.2) is 0 Å². The van der Waals surface area contributed by atoms with Crippen LogP contribution in [-0.4, -0.2) is 30.9 Å². The van der Waals surface area contributed by atoms with Crippen LogP contribution in [0.2, 0.25) is 0 Å². The molecular weight excluding hydrogens is 303 g/mol. The van der Waals surface area contributed by atoms with Crippen molar-refractivity contribution >= 4 is 23.5 Å². The van der Waals surface area contributed by atoms with Crippen molar-refractivity contribution in [2.45, 2.75) is 26.3 Å². The van der Waals surface area contributed by atoms with Gasteiger partial charge in [0.05, 0.1) is 18.4 Å². The van der Waals surface area contributed by atoms with Gasteiger partial charge in [0.2, 0.25) is 5.91 Å². The average Bonchev–Trinajstić information content (AvgIpc) is 3.25. The monoisotopic (exact) mass is 322 g/mol. The number of hydrogen-bond donors (Lipinski definition) is 2. The summed E-state index contributed by atoms with van der Waals surface area (Å²) in [6, 6.07) is 2.62. The van der Waals surface area contributed by atoms with E-state index in [0.29, 0.717) is 5.92 Å². The molecule has 2 amide bonds. The highest BCUT2D eigenvalue weighted by atomic mass is 19.1. The van der Waals surface area contributed by atoms with E-state index in [0.717, 1.165) is 18.6 Å². The highest BCUT2D eigenvalue weighted by Gasteiger charge is 2.39. The van der Waals surface area contributed by atoms with E-state index >= 15 is 0 Å². The molecular formula is C16H19FN2O4. The zero-order chi connectivity index (χ0) is 17.1. The summed E-state index contributed by atoms with van der Waals surface area (Å²) < 4.78 is 18.0. The van der Waals surface area contributed by atoms with Crippen molar-refractivity contribution in [2.24, 2.45) is 11.8 Å². The van der Waals surface area contributed by atoms with Crippen molar-refractivity contribution < 1.29 is 23.5 Å². The molecule has 0 heterocycles. The highest BCUT2D eigenvalue weighted by Crippen LogP contribution is 2.38. The van der Waals surface area contributed by atoms with Crippen LogP contribution in [0.25, 0.3) is 0 Å². The largest absolute Gasteiger partial charge is 0.467 e. The summed E-state index contributed by atoms with van der Waals surface area (Å²) in [7, 11) is 1.20. The Labute approximate surface area is 133 Å².